The minimum Gasteiger partial charge on any atom is -0.352 e. The first kappa shape index (κ1) is 15.5. The molecule has 1 saturated heterocycles. The van der Waals surface area contributed by atoms with Crippen LogP contribution in [0.25, 0.3) is 0 Å². The zero-order valence-corrected chi connectivity index (χ0v) is 13.4. The van der Waals surface area contributed by atoms with Gasteiger partial charge in [0.25, 0.3) is 5.91 Å². The summed E-state index contributed by atoms with van der Waals surface area (Å²) in [6.07, 6.45) is 3.21. The second-order valence-corrected chi connectivity index (χ2v) is 5.87. The maximum atomic E-state index is 12.9. The minimum absolute atomic E-state index is 0.221. The lowest BCUT2D eigenvalue weighted by Gasteiger charge is -2.35. The second-order valence-electron chi connectivity index (χ2n) is 5.46. The Balaban J connectivity index is 2.00. The van der Waals surface area contributed by atoms with Gasteiger partial charge in [-0.2, -0.15) is 0 Å². The van der Waals surface area contributed by atoms with Crippen molar-refractivity contribution in [2.75, 3.05) is 13.1 Å². The highest BCUT2D eigenvalue weighted by Crippen LogP contribution is 2.30. The molecule has 23 heavy (non-hydrogen) atoms. The molecule has 1 aliphatic heterocycles. The fraction of sp³-hybridized carbons (Fsp3) is 0.235. The third-order valence-electron chi connectivity index (χ3n) is 3.79. The van der Waals surface area contributed by atoms with Gasteiger partial charge in [-0.1, -0.05) is 29.8 Å². The maximum absolute atomic E-state index is 12.9. The minimum atomic E-state index is -0.731. The predicted octanol–water partition coefficient (Wildman–Crippen LogP) is 2.36. The Morgan fingerprint density at radius 2 is 2.13 bits per heavy atom. The van der Waals surface area contributed by atoms with Gasteiger partial charge in [-0.05, 0) is 24.6 Å². The molecule has 1 fully saturated rings. The number of halogens is 1. The summed E-state index contributed by atoms with van der Waals surface area (Å²) in [6.45, 7) is 2.72. The quantitative estimate of drug-likeness (QED) is 0.920. The number of aryl methyl sites for hydroxylation is 1. The van der Waals surface area contributed by atoms with Crippen LogP contribution < -0.4 is 5.32 Å². The van der Waals surface area contributed by atoms with E-state index in [-0.39, 0.29) is 11.8 Å². The van der Waals surface area contributed by atoms with Crippen molar-refractivity contribution in [2.24, 2.45) is 0 Å². The normalized spacial score (nSPS) is 17.7. The van der Waals surface area contributed by atoms with E-state index >= 15 is 0 Å². The van der Waals surface area contributed by atoms with Crippen LogP contribution in [0.5, 0.6) is 0 Å². The zero-order valence-electron chi connectivity index (χ0n) is 12.6. The molecule has 2 aromatic rings. The van der Waals surface area contributed by atoms with E-state index in [4.69, 9.17) is 11.6 Å². The molecule has 2 amide bonds. The van der Waals surface area contributed by atoms with E-state index in [9.17, 15) is 9.59 Å². The van der Waals surface area contributed by atoms with Crippen molar-refractivity contribution in [3.63, 3.8) is 0 Å². The maximum Gasteiger partial charge on any atom is 0.256 e. The Bertz CT molecular complexity index is 763. The van der Waals surface area contributed by atoms with Crippen molar-refractivity contribution in [2.45, 2.75) is 13.0 Å². The van der Waals surface area contributed by atoms with Gasteiger partial charge in [0, 0.05) is 36.1 Å². The van der Waals surface area contributed by atoms with Gasteiger partial charge in [0.05, 0.1) is 5.56 Å². The highest BCUT2D eigenvalue weighted by atomic mass is 35.5. The third kappa shape index (κ3) is 3.05. The van der Waals surface area contributed by atoms with Crippen molar-refractivity contribution in [3.05, 3.63) is 64.4 Å². The van der Waals surface area contributed by atoms with Gasteiger partial charge in [0.2, 0.25) is 5.91 Å². The molecular formula is C17H16ClN3O2. The molecule has 2 heterocycles. The number of nitrogens with zero attached hydrogens (tertiary/aromatic N) is 2. The van der Waals surface area contributed by atoms with E-state index in [1.54, 1.807) is 41.4 Å². The molecule has 5 nitrogen and oxygen atoms in total. The monoisotopic (exact) mass is 329 g/mol. The van der Waals surface area contributed by atoms with E-state index in [1.807, 2.05) is 6.92 Å². The molecule has 6 heteroatoms. The Hall–Kier alpha value is -2.40. The summed E-state index contributed by atoms with van der Waals surface area (Å²) in [7, 11) is 0. The van der Waals surface area contributed by atoms with Crippen molar-refractivity contribution >= 4 is 23.4 Å². The van der Waals surface area contributed by atoms with Gasteiger partial charge >= 0.3 is 0 Å². The fourth-order valence-corrected chi connectivity index (χ4v) is 2.97. The van der Waals surface area contributed by atoms with Crippen LogP contribution in [0.15, 0.2) is 42.7 Å². The van der Waals surface area contributed by atoms with Gasteiger partial charge in [0.15, 0.2) is 0 Å². The molecule has 0 radical (unpaired) electrons. The third-order valence-corrected chi connectivity index (χ3v) is 4.14. The lowest BCUT2D eigenvalue weighted by atomic mass is 10.0. The molecule has 0 spiro atoms. The van der Waals surface area contributed by atoms with Crippen LogP contribution in [0, 0.1) is 6.92 Å². The molecule has 1 N–H and O–H groups in total. The molecule has 1 aliphatic rings. The van der Waals surface area contributed by atoms with E-state index in [2.05, 4.69) is 10.3 Å². The number of carbonyl (C=O) groups excluding carboxylic acids is 2. The number of piperazine rings is 1. The number of aromatic nitrogens is 1. The molecule has 0 saturated carbocycles. The fourth-order valence-electron chi connectivity index (χ4n) is 2.73. The number of benzene rings is 1. The second kappa shape index (κ2) is 6.38. The molecule has 3 rings (SSSR count). The van der Waals surface area contributed by atoms with Gasteiger partial charge in [-0.3, -0.25) is 14.6 Å². The van der Waals surface area contributed by atoms with Crippen LogP contribution in [0.3, 0.4) is 0 Å². The summed E-state index contributed by atoms with van der Waals surface area (Å²) in [4.78, 5) is 30.8. The number of amides is 2. The number of hydrogen-bond donors (Lipinski definition) is 1. The highest BCUT2D eigenvalue weighted by Gasteiger charge is 2.35. The van der Waals surface area contributed by atoms with E-state index in [0.29, 0.717) is 29.2 Å². The summed E-state index contributed by atoms with van der Waals surface area (Å²) < 4.78 is 0. The lowest BCUT2D eigenvalue weighted by Crippen LogP contribution is -2.52. The van der Waals surface area contributed by atoms with Crippen molar-refractivity contribution < 1.29 is 9.59 Å². The topological polar surface area (TPSA) is 62.3 Å². The highest BCUT2D eigenvalue weighted by molar-refractivity contribution is 6.31. The SMILES string of the molecule is Cc1cncc(C(=O)N2CCNC(=O)C2c2ccccc2Cl)c1. The average molecular weight is 330 g/mol. The summed E-state index contributed by atoms with van der Waals surface area (Å²) in [5.74, 6) is -0.445. The van der Waals surface area contributed by atoms with Gasteiger partial charge in [-0.25, -0.2) is 0 Å². The van der Waals surface area contributed by atoms with E-state index in [0.717, 1.165) is 5.56 Å². The molecule has 1 atom stereocenters. The Labute approximate surface area is 139 Å². The Morgan fingerprint density at radius 3 is 2.87 bits per heavy atom. The van der Waals surface area contributed by atoms with Crippen molar-refractivity contribution in [1.29, 1.82) is 0 Å². The number of rotatable bonds is 2. The van der Waals surface area contributed by atoms with Crippen molar-refractivity contribution in [1.82, 2.24) is 15.2 Å². The van der Waals surface area contributed by atoms with Crippen LogP contribution in [-0.2, 0) is 4.79 Å². The average Bonchev–Trinajstić information content (AvgIpc) is 2.55. The first-order valence-electron chi connectivity index (χ1n) is 7.32. The number of pyridine rings is 1. The summed E-state index contributed by atoms with van der Waals surface area (Å²) in [5.41, 5.74) is 1.99. The zero-order chi connectivity index (χ0) is 16.4. The number of nitrogens with one attached hydrogen (secondary N) is 1. The predicted molar refractivity (Wildman–Crippen MR) is 87.2 cm³/mol. The van der Waals surface area contributed by atoms with Gasteiger partial charge < -0.3 is 10.2 Å². The molecule has 0 aliphatic carbocycles. The first-order chi connectivity index (χ1) is 11.1. The molecule has 1 aromatic heterocycles. The number of hydrogen-bond acceptors (Lipinski definition) is 3. The first-order valence-corrected chi connectivity index (χ1v) is 7.70. The molecule has 1 unspecified atom stereocenters. The lowest BCUT2D eigenvalue weighted by molar-refractivity contribution is -0.128. The summed E-state index contributed by atoms with van der Waals surface area (Å²) in [5, 5.41) is 3.27. The van der Waals surface area contributed by atoms with Crippen LogP contribution >= 0.6 is 11.6 Å². The smallest absolute Gasteiger partial charge is 0.256 e. The summed E-state index contributed by atoms with van der Waals surface area (Å²) >= 11 is 6.23. The Kier molecular flexibility index (Phi) is 4.30. The van der Waals surface area contributed by atoms with Crippen molar-refractivity contribution in [3.8, 4) is 0 Å². The molecule has 118 valence electrons. The van der Waals surface area contributed by atoms with Crippen LogP contribution in [0.2, 0.25) is 5.02 Å². The molecular weight excluding hydrogens is 314 g/mol. The van der Waals surface area contributed by atoms with Crippen LogP contribution in [0.1, 0.15) is 27.5 Å². The largest absolute Gasteiger partial charge is 0.352 e. The van der Waals surface area contributed by atoms with E-state index in [1.165, 1.54) is 6.20 Å². The van der Waals surface area contributed by atoms with Gasteiger partial charge in [-0.15, -0.1) is 0 Å². The van der Waals surface area contributed by atoms with E-state index < -0.39 is 6.04 Å². The van der Waals surface area contributed by atoms with Crippen LogP contribution in [-0.4, -0.2) is 34.8 Å². The van der Waals surface area contributed by atoms with Crippen LogP contribution in [0.4, 0.5) is 0 Å². The van der Waals surface area contributed by atoms with Gasteiger partial charge in [0.1, 0.15) is 6.04 Å². The standard InChI is InChI=1S/C17H16ClN3O2/c1-11-8-12(10-19-9-11)17(23)21-7-6-20-16(22)15(21)13-4-2-3-5-14(13)18/h2-5,8-10,15H,6-7H2,1H3,(H,20,22). The summed E-state index contributed by atoms with van der Waals surface area (Å²) in [6, 6.07) is 8.13. The Morgan fingerprint density at radius 1 is 1.35 bits per heavy atom. The molecule has 0 bridgehead atoms. The molecule has 1 aromatic carbocycles. The number of carbonyl (C=O) groups is 2.